The molecule has 0 saturated carbocycles. The SMILES string of the molecule is CCNC(c1nccn1C)C(C)(C)OCC. The third-order valence-electron chi connectivity index (χ3n) is 2.74. The molecule has 0 aliphatic rings. The normalized spacial score (nSPS) is 14.1. The first-order valence-corrected chi connectivity index (χ1v) is 5.87. The highest BCUT2D eigenvalue weighted by Gasteiger charge is 2.33. The molecule has 1 heterocycles. The lowest BCUT2D eigenvalue weighted by Gasteiger charge is -2.34. The fourth-order valence-corrected chi connectivity index (χ4v) is 1.96. The van der Waals surface area contributed by atoms with Crippen molar-refractivity contribution in [1.29, 1.82) is 0 Å². The summed E-state index contributed by atoms with van der Waals surface area (Å²) in [6, 6.07) is 0.109. The van der Waals surface area contributed by atoms with Crippen molar-refractivity contribution >= 4 is 0 Å². The van der Waals surface area contributed by atoms with Crippen LogP contribution in [0.5, 0.6) is 0 Å². The van der Waals surface area contributed by atoms with E-state index < -0.39 is 0 Å². The molecule has 0 saturated heterocycles. The lowest BCUT2D eigenvalue weighted by Crippen LogP contribution is -2.42. The molecule has 1 aromatic heterocycles. The Bertz CT molecular complexity index is 320. The minimum atomic E-state index is -0.260. The Morgan fingerprint density at radius 2 is 2.19 bits per heavy atom. The van der Waals surface area contributed by atoms with Crippen LogP contribution in [0.2, 0.25) is 0 Å². The van der Waals surface area contributed by atoms with Crippen LogP contribution in [0.3, 0.4) is 0 Å². The quantitative estimate of drug-likeness (QED) is 0.803. The molecule has 1 rings (SSSR count). The summed E-state index contributed by atoms with van der Waals surface area (Å²) >= 11 is 0. The molecule has 1 atom stereocenters. The summed E-state index contributed by atoms with van der Waals surface area (Å²) in [6.45, 7) is 9.91. The molecule has 0 aliphatic carbocycles. The molecular formula is C12H23N3O. The summed E-state index contributed by atoms with van der Waals surface area (Å²) in [5, 5.41) is 3.44. The van der Waals surface area contributed by atoms with Crippen LogP contribution < -0.4 is 5.32 Å². The Morgan fingerprint density at radius 3 is 2.62 bits per heavy atom. The topological polar surface area (TPSA) is 39.1 Å². The van der Waals surface area contributed by atoms with Crippen LogP contribution >= 0.6 is 0 Å². The van der Waals surface area contributed by atoms with Gasteiger partial charge in [-0.2, -0.15) is 0 Å². The summed E-state index contributed by atoms with van der Waals surface area (Å²) in [4.78, 5) is 4.40. The standard InChI is InChI=1S/C12H23N3O/c1-6-13-10(12(3,4)16-7-2)11-14-8-9-15(11)5/h8-10,13H,6-7H2,1-5H3. The number of hydrogen-bond donors (Lipinski definition) is 1. The number of hydrogen-bond acceptors (Lipinski definition) is 3. The smallest absolute Gasteiger partial charge is 0.128 e. The van der Waals surface area contributed by atoms with Gasteiger partial charge >= 0.3 is 0 Å². The Labute approximate surface area is 98.0 Å². The van der Waals surface area contributed by atoms with Crippen molar-refractivity contribution in [3.8, 4) is 0 Å². The minimum Gasteiger partial charge on any atom is -0.374 e. The molecule has 0 aliphatic heterocycles. The zero-order valence-corrected chi connectivity index (χ0v) is 10.9. The second-order valence-corrected chi connectivity index (χ2v) is 4.42. The van der Waals surface area contributed by atoms with Gasteiger partial charge in [0.1, 0.15) is 5.82 Å². The minimum absolute atomic E-state index is 0.109. The van der Waals surface area contributed by atoms with Gasteiger partial charge in [0.05, 0.1) is 11.6 Å². The van der Waals surface area contributed by atoms with Crippen LogP contribution in [0.25, 0.3) is 0 Å². The monoisotopic (exact) mass is 225 g/mol. The molecular weight excluding hydrogens is 202 g/mol. The van der Waals surface area contributed by atoms with E-state index in [2.05, 4.69) is 31.1 Å². The van der Waals surface area contributed by atoms with E-state index in [0.717, 1.165) is 12.4 Å². The van der Waals surface area contributed by atoms with Gasteiger partial charge in [0.25, 0.3) is 0 Å². The molecule has 4 heteroatoms. The number of nitrogens with one attached hydrogen (secondary N) is 1. The lowest BCUT2D eigenvalue weighted by atomic mass is 9.97. The highest BCUT2D eigenvalue weighted by Crippen LogP contribution is 2.27. The van der Waals surface area contributed by atoms with Gasteiger partial charge in [-0.1, -0.05) is 6.92 Å². The number of nitrogens with zero attached hydrogens (tertiary/aromatic N) is 2. The molecule has 1 unspecified atom stereocenters. The van der Waals surface area contributed by atoms with Gasteiger partial charge in [-0.15, -0.1) is 0 Å². The van der Waals surface area contributed by atoms with Gasteiger partial charge < -0.3 is 14.6 Å². The Hall–Kier alpha value is -0.870. The third kappa shape index (κ3) is 2.83. The van der Waals surface area contributed by atoms with Crippen molar-refractivity contribution in [1.82, 2.24) is 14.9 Å². The van der Waals surface area contributed by atoms with E-state index in [4.69, 9.17) is 4.74 Å². The number of likely N-dealkylation sites (N-methyl/N-ethyl adjacent to an activating group) is 1. The first-order valence-electron chi connectivity index (χ1n) is 5.87. The zero-order valence-electron chi connectivity index (χ0n) is 10.9. The van der Waals surface area contributed by atoms with Crippen molar-refractivity contribution in [2.24, 2.45) is 7.05 Å². The Kier molecular flexibility index (Phi) is 4.50. The second kappa shape index (κ2) is 5.46. The van der Waals surface area contributed by atoms with E-state index in [9.17, 15) is 0 Å². The molecule has 1 N–H and O–H groups in total. The van der Waals surface area contributed by atoms with E-state index in [1.54, 1.807) is 0 Å². The van der Waals surface area contributed by atoms with Crippen molar-refractivity contribution in [2.75, 3.05) is 13.2 Å². The maximum atomic E-state index is 5.81. The highest BCUT2D eigenvalue weighted by atomic mass is 16.5. The molecule has 0 amide bonds. The van der Waals surface area contributed by atoms with E-state index in [-0.39, 0.29) is 11.6 Å². The fraction of sp³-hybridized carbons (Fsp3) is 0.750. The predicted molar refractivity (Wildman–Crippen MR) is 65.3 cm³/mol. The van der Waals surface area contributed by atoms with Crippen LogP contribution in [0.1, 0.15) is 39.6 Å². The van der Waals surface area contributed by atoms with E-state index in [1.807, 2.05) is 30.9 Å². The summed E-state index contributed by atoms with van der Waals surface area (Å²) in [6.07, 6.45) is 3.78. The van der Waals surface area contributed by atoms with Gasteiger partial charge in [0, 0.05) is 26.0 Å². The molecule has 0 fully saturated rings. The van der Waals surface area contributed by atoms with E-state index in [0.29, 0.717) is 6.61 Å². The average molecular weight is 225 g/mol. The fourth-order valence-electron chi connectivity index (χ4n) is 1.96. The second-order valence-electron chi connectivity index (χ2n) is 4.42. The van der Waals surface area contributed by atoms with Gasteiger partial charge in [-0.25, -0.2) is 4.98 Å². The summed E-state index contributed by atoms with van der Waals surface area (Å²) in [7, 11) is 2.01. The largest absolute Gasteiger partial charge is 0.374 e. The van der Waals surface area contributed by atoms with Gasteiger partial charge in [0.15, 0.2) is 0 Å². The summed E-state index contributed by atoms with van der Waals surface area (Å²) < 4.78 is 7.84. The molecule has 92 valence electrons. The molecule has 4 nitrogen and oxygen atoms in total. The predicted octanol–water partition coefficient (Wildman–Crippen LogP) is 1.89. The molecule has 16 heavy (non-hydrogen) atoms. The van der Waals surface area contributed by atoms with Crippen LogP contribution in [0.15, 0.2) is 12.4 Å². The maximum absolute atomic E-state index is 5.81. The van der Waals surface area contributed by atoms with Crippen LogP contribution in [-0.4, -0.2) is 28.3 Å². The van der Waals surface area contributed by atoms with Crippen molar-refractivity contribution in [3.63, 3.8) is 0 Å². The molecule has 0 radical (unpaired) electrons. The summed E-state index contributed by atoms with van der Waals surface area (Å²) in [5.74, 6) is 1.01. The lowest BCUT2D eigenvalue weighted by molar-refractivity contribution is -0.0415. The summed E-state index contributed by atoms with van der Waals surface area (Å²) in [5.41, 5.74) is -0.260. The number of aromatic nitrogens is 2. The average Bonchev–Trinajstić information content (AvgIpc) is 2.60. The Balaban J connectivity index is 2.95. The Morgan fingerprint density at radius 1 is 1.50 bits per heavy atom. The third-order valence-corrected chi connectivity index (χ3v) is 2.74. The molecule has 0 aromatic carbocycles. The molecule has 1 aromatic rings. The number of aryl methyl sites for hydroxylation is 1. The zero-order chi connectivity index (χ0) is 12.2. The van der Waals surface area contributed by atoms with Gasteiger partial charge in [-0.3, -0.25) is 0 Å². The van der Waals surface area contributed by atoms with Crippen LogP contribution in [-0.2, 0) is 11.8 Å². The highest BCUT2D eigenvalue weighted by molar-refractivity contribution is 5.05. The first-order chi connectivity index (χ1) is 7.53. The number of rotatable bonds is 6. The van der Waals surface area contributed by atoms with Crippen molar-refractivity contribution in [3.05, 3.63) is 18.2 Å². The van der Waals surface area contributed by atoms with E-state index >= 15 is 0 Å². The van der Waals surface area contributed by atoms with E-state index in [1.165, 1.54) is 0 Å². The van der Waals surface area contributed by atoms with Crippen LogP contribution in [0.4, 0.5) is 0 Å². The van der Waals surface area contributed by atoms with Gasteiger partial charge in [-0.05, 0) is 27.3 Å². The molecule has 0 bridgehead atoms. The number of ether oxygens (including phenoxy) is 1. The van der Waals surface area contributed by atoms with Crippen molar-refractivity contribution < 1.29 is 4.74 Å². The first kappa shape index (κ1) is 13.2. The van der Waals surface area contributed by atoms with Crippen LogP contribution in [0, 0.1) is 0 Å². The van der Waals surface area contributed by atoms with Gasteiger partial charge in [0.2, 0.25) is 0 Å². The maximum Gasteiger partial charge on any atom is 0.128 e. The number of imidazole rings is 1. The molecule has 0 spiro atoms. The van der Waals surface area contributed by atoms with Crippen molar-refractivity contribution in [2.45, 2.75) is 39.3 Å².